The third-order valence-electron chi connectivity index (χ3n) is 5.58. The molecule has 2 saturated heterocycles. The van der Waals surface area contributed by atoms with Crippen LogP contribution in [0.3, 0.4) is 0 Å². The Labute approximate surface area is 147 Å². The fraction of sp³-hybridized carbons (Fsp3) is 0.381. The van der Waals surface area contributed by atoms with Gasteiger partial charge in [0.25, 0.3) is 0 Å². The van der Waals surface area contributed by atoms with E-state index in [1.54, 1.807) is 12.1 Å². The molecule has 0 amide bonds. The van der Waals surface area contributed by atoms with Gasteiger partial charge in [-0.2, -0.15) is 0 Å². The number of ether oxygens (including phenoxy) is 1. The van der Waals surface area contributed by atoms with Crippen LogP contribution in [-0.2, 0) is 11.2 Å². The molecule has 4 nitrogen and oxygen atoms in total. The summed E-state index contributed by atoms with van der Waals surface area (Å²) >= 11 is 0. The summed E-state index contributed by atoms with van der Waals surface area (Å²) in [5.41, 5.74) is 2.68. The molecule has 0 saturated carbocycles. The van der Waals surface area contributed by atoms with Gasteiger partial charge in [-0.05, 0) is 55.0 Å². The summed E-state index contributed by atoms with van der Waals surface area (Å²) in [7, 11) is 0. The summed E-state index contributed by atoms with van der Waals surface area (Å²) in [6.45, 7) is 0.920. The summed E-state index contributed by atoms with van der Waals surface area (Å²) in [4.78, 5) is 11.0. The maximum Gasteiger partial charge on any atom is 0.335 e. The first-order valence-corrected chi connectivity index (χ1v) is 8.97. The number of nitrogens with one attached hydrogen (secondary N) is 1. The smallest absolute Gasteiger partial charge is 0.335 e. The molecule has 2 bridgehead atoms. The number of carboxylic acids is 1. The van der Waals surface area contributed by atoms with Gasteiger partial charge in [-0.15, -0.1) is 0 Å². The Morgan fingerprint density at radius 1 is 1.00 bits per heavy atom. The molecule has 0 aliphatic carbocycles. The molecular formula is C21H23NO3. The molecule has 0 unspecified atom stereocenters. The van der Waals surface area contributed by atoms with Crippen LogP contribution in [0.4, 0.5) is 5.69 Å². The zero-order valence-corrected chi connectivity index (χ0v) is 14.1. The first-order valence-electron chi connectivity index (χ1n) is 8.97. The number of fused-ring (bicyclic) bond motifs is 2. The number of rotatable bonds is 6. The van der Waals surface area contributed by atoms with Crippen molar-refractivity contribution in [1.29, 1.82) is 0 Å². The van der Waals surface area contributed by atoms with Gasteiger partial charge >= 0.3 is 5.97 Å². The van der Waals surface area contributed by atoms with Crippen molar-refractivity contribution in [2.75, 3.05) is 11.9 Å². The Hall–Kier alpha value is -2.33. The lowest BCUT2D eigenvalue weighted by Crippen LogP contribution is -2.33. The van der Waals surface area contributed by atoms with Gasteiger partial charge in [0.15, 0.2) is 0 Å². The minimum Gasteiger partial charge on any atom is -0.478 e. The minimum atomic E-state index is -0.875. The lowest BCUT2D eigenvalue weighted by molar-refractivity contribution is 0.0696. The van der Waals surface area contributed by atoms with Crippen molar-refractivity contribution in [3.63, 3.8) is 0 Å². The molecule has 2 aliphatic heterocycles. The molecule has 4 rings (SSSR count). The van der Waals surface area contributed by atoms with Crippen LogP contribution in [0.1, 0.15) is 28.8 Å². The zero-order chi connectivity index (χ0) is 17.2. The van der Waals surface area contributed by atoms with Gasteiger partial charge in [0.2, 0.25) is 0 Å². The maximum atomic E-state index is 11.0. The van der Waals surface area contributed by atoms with Crippen molar-refractivity contribution in [3.05, 3.63) is 65.7 Å². The first kappa shape index (κ1) is 16.2. The first-order chi connectivity index (χ1) is 12.2. The average Bonchev–Trinajstić information content (AvgIpc) is 3.23. The number of aromatic carboxylic acids is 1. The third-order valence-corrected chi connectivity index (χ3v) is 5.58. The van der Waals surface area contributed by atoms with E-state index < -0.39 is 5.97 Å². The predicted molar refractivity (Wildman–Crippen MR) is 96.9 cm³/mol. The largest absolute Gasteiger partial charge is 0.478 e. The minimum absolute atomic E-state index is 0.340. The van der Waals surface area contributed by atoms with E-state index in [9.17, 15) is 4.79 Å². The highest BCUT2D eigenvalue weighted by molar-refractivity contribution is 5.87. The van der Waals surface area contributed by atoms with Crippen LogP contribution in [0.2, 0.25) is 0 Å². The van der Waals surface area contributed by atoms with E-state index in [2.05, 4.69) is 17.4 Å². The van der Waals surface area contributed by atoms with E-state index in [4.69, 9.17) is 9.84 Å². The fourth-order valence-corrected chi connectivity index (χ4v) is 4.28. The number of para-hydroxylation sites is 1. The van der Waals surface area contributed by atoms with Crippen LogP contribution in [0.25, 0.3) is 0 Å². The second-order valence-corrected chi connectivity index (χ2v) is 7.07. The second kappa shape index (κ2) is 6.89. The van der Waals surface area contributed by atoms with Gasteiger partial charge in [-0.25, -0.2) is 4.79 Å². The van der Waals surface area contributed by atoms with Gasteiger partial charge in [0.05, 0.1) is 17.8 Å². The number of carbonyl (C=O) groups is 1. The average molecular weight is 337 g/mol. The van der Waals surface area contributed by atoms with E-state index in [0.29, 0.717) is 29.6 Å². The van der Waals surface area contributed by atoms with Crippen LogP contribution in [0, 0.1) is 11.8 Å². The molecule has 2 heterocycles. The lowest BCUT2D eigenvalue weighted by atomic mass is 9.76. The van der Waals surface area contributed by atoms with E-state index in [0.717, 1.165) is 31.5 Å². The SMILES string of the molecule is O=C(O)c1ccc(C[C@@H]2[C@@H](CNc3ccccc3)[C@@H]3CC[C@H]2O3)cc1. The predicted octanol–water partition coefficient (Wildman–Crippen LogP) is 3.83. The van der Waals surface area contributed by atoms with Crippen molar-refractivity contribution >= 4 is 11.7 Å². The molecule has 25 heavy (non-hydrogen) atoms. The van der Waals surface area contributed by atoms with Gasteiger partial charge in [0, 0.05) is 18.2 Å². The summed E-state index contributed by atoms with van der Waals surface area (Å²) in [6.07, 6.45) is 3.93. The van der Waals surface area contributed by atoms with Gasteiger partial charge in [0.1, 0.15) is 0 Å². The number of carboxylic acid groups (broad SMARTS) is 1. The molecule has 2 N–H and O–H groups in total. The molecule has 0 aromatic heterocycles. The number of hydrogen-bond donors (Lipinski definition) is 2. The van der Waals surface area contributed by atoms with E-state index >= 15 is 0 Å². The van der Waals surface area contributed by atoms with E-state index in [-0.39, 0.29) is 0 Å². The Morgan fingerprint density at radius 3 is 2.36 bits per heavy atom. The van der Waals surface area contributed by atoms with E-state index in [1.807, 2.05) is 30.3 Å². The maximum absolute atomic E-state index is 11.0. The third kappa shape index (κ3) is 3.40. The van der Waals surface area contributed by atoms with Crippen LogP contribution in [0.5, 0.6) is 0 Å². The van der Waals surface area contributed by atoms with Crippen molar-refractivity contribution in [1.82, 2.24) is 0 Å². The molecule has 2 aromatic carbocycles. The fourth-order valence-electron chi connectivity index (χ4n) is 4.28. The van der Waals surface area contributed by atoms with Crippen molar-refractivity contribution in [2.24, 2.45) is 11.8 Å². The molecule has 2 aliphatic rings. The molecule has 4 heteroatoms. The Bertz CT molecular complexity index is 729. The molecule has 2 aromatic rings. The van der Waals surface area contributed by atoms with Crippen molar-refractivity contribution in [3.8, 4) is 0 Å². The van der Waals surface area contributed by atoms with Crippen LogP contribution < -0.4 is 5.32 Å². The summed E-state index contributed by atoms with van der Waals surface area (Å²) in [5, 5.41) is 12.6. The van der Waals surface area contributed by atoms with Crippen LogP contribution >= 0.6 is 0 Å². The highest BCUT2D eigenvalue weighted by Gasteiger charge is 2.48. The van der Waals surface area contributed by atoms with Crippen LogP contribution in [-0.4, -0.2) is 29.8 Å². The summed E-state index contributed by atoms with van der Waals surface area (Å²) in [6, 6.07) is 17.6. The Kier molecular flexibility index (Phi) is 4.45. The molecule has 0 radical (unpaired) electrons. The number of benzene rings is 2. The molecule has 0 spiro atoms. The second-order valence-electron chi connectivity index (χ2n) is 7.07. The lowest BCUT2D eigenvalue weighted by Gasteiger charge is -2.28. The summed E-state index contributed by atoms with van der Waals surface area (Å²) < 4.78 is 6.19. The van der Waals surface area contributed by atoms with Gasteiger partial charge < -0.3 is 15.2 Å². The quantitative estimate of drug-likeness (QED) is 0.841. The van der Waals surface area contributed by atoms with Crippen molar-refractivity contribution < 1.29 is 14.6 Å². The van der Waals surface area contributed by atoms with E-state index in [1.165, 1.54) is 5.56 Å². The Morgan fingerprint density at radius 2 is 1.68 bits per heavy atom. The summed E-state index contributed by atoms with van der Waals surface area (Å²) in [5.74, 6) is 0.114. The van der Waals surface area contributed by atoms with Crippen molar-refractivity contribution in [2.45, 2.75) is 31.5 Å². The standard InChI is InChI=1S/C21H23NO3/c23-21(24)15-8-6-14(7-9-15)12-17-18(20-11-10-19(17)25-20)13-22-16-4-2-1-3-5-16/h1-9,17-20,22H,10-13H2,(H,23,24)/t17-,18-,19-,20+/m1/s1. The molecule has 130 valence electrons. The zero-order valence-electron chi connectivity index (χ0n) is 14.1. The number of hydrogen-bond acceptors (Lipinski definition) is 3. The highest BCUT2D eigenvalue weighted by Crippen LogP contribution is 2.44. The topological polar surface area (TPSA) is 58.6 Å². The van der Waals surface area contributed by atoms with Crippen LogP contribution in [0.15, 0.2) is 54.6 Å². The molecule has 4 atom stereocenters. The molecular weight excluding hydrogens is 314 g/mol. The normalized spacial score (nSPS) is 27.4. The number of anilines is 1. The van der Waals surface area contributed by atoms with Gasteiger partial charge in [-0.1, -0.05) is 30.3 Å². The highest BCUT2D eigenvalue weighted by atomic mass is 16.5. The molecule has 2 fully saturated rings. The Balaban J connectivity index is 1.44. The van der Waals surface area contributed by atoms with Gasteiger partial charge in [-0.3, -0.25) is 0 Å². The monoisotopic (exact) mass is 337 g/mol.